The highest BCUT2D eigenvalue weighted by Gasteiger charge is 2.22. The van der Waals surface area contributed by atoms with Crippen molar-refractivity contribution < 1.29 is 18.4 Å². The Morgan fingerprint density at radius 3 is 2.48 bits per heavy atom. The molecule has 4 nitrogen and oxygen atoms in total. The largest absolute Gasteiger partial charge is 0.360 e. The van der Waals surface area contributed by atoms with Gasteiger partial charge in [0.25, 0.3) is 11.7 Å². The van der Waals surface area contributed by atoms with Crippen LogP contribution in [0.2, 0.25) is 5.02 Å². The number of fused-ring (bicyclic) bond motifs is 1. The van der Waals surface area contributed by atoms with Crippen molar-refractivity contribution >= 4 is 39.9 Å². The lowest BCUT2D eigenvalue weighted by atomic mass is 10.1. The van der Waals surface area contributed by atoms with Crippen LogP contribution >= 0.6 is 11.6 Å². The molecule has 0 saturated heterocycles. The average Bonchev–Trinajstić information content (AvgIpc) is 2.93. The number of anilines is 1. The third-order valence-electron chi connectivity index (χ3n) is 3.30. The number of aromatic nitrogens is 1. The number of aromatic amines is 1. The van der Waals surface area contributed by atoms with Gasteiger partial charge in [0.1, 0.15) is 17.3 Å². The van der Waals surface area contributed by atoms with Gasteiger partial charge in [-0.25, -0.2) is 8.78 Å². The van der Waals surface area contributed by atoms with E-state index in [0.29, 0.717) is 15.9 Å². The van der Waals surface area contributed by atoms with Gasteiger partial charge in [0.2, 0.25) is 0 Å². The molecule has 116 valence electrons. The minimum absolute atomic E-state index is 0.0664. The summed E-state index contributed by atoms with van der Waals surface area (Å²) in [6.45, 7) is 0. The summed E-state index contributed by atoms with van der Waals surface area (Å²) in [7, 11) is 0. The number of para-hydroxylation sites is 1. The first-order valence-corrected chi connectivity index (χ1v) is 6.91. The van der Waals surface area contributed by atoms with E-state index in [0.717, 1.165) is 18.2 Å². The Balaban J connectivity index is 1.93. The second kappa shape index (κ2) is 5.81. The molecule has 3 aromatic rings. The third-order valence-corrected chi connectivity index (χ3v) is 3.53. The van der Waals surface area contributed by atoms with E-state index in [4.69, 9.17) is 11.6 Å². The number of nitrogens with one attached hydrogen (secondary N) is 2. The Bertz CT molecular complexity index is 917. The Morgan fingerprint density at radius 2 is 1.78 bits per heavy atom. The molecule has 1 amide bonds. The van der Waals surface area contributed by atoms with Gasteiger partial charge in [0, 0.05) is 22.1 Å². The maximum atomic E-state index is 13.5. The number of amides is 1. The fourth-order valence-electron chi connectivity index (χ4n) is 2.19. The first kappa shape index (κ1) is 15.2. The maximum Gasteiger partial charge on any atom is 0.297 e. The molecule has 3 rings (SSSR count). The molecular weight excluding hydrogens is 326 g/mol. The van der Waals surface area contributed by atoms with E-state index < -0.39 is 29.0 Å². The zero-order valence-electron chi connectivity index (χ0n) is 11.5. The molecule has 1 aromatic heterocycles. The molecule has 0 saturated carbocycles. The minimum atomic E-state index is -1.14. The third kappa shape index (κ3) is 2.80. The summed E-state index contributed by atoms with van der Waals surface area (Å²) in [4.78, 5) is 27.1. The van der Waals surface area contributed by atoms with Crippen LogP contribution in [-0.2, 0) is 4.79 Å². The Hall–Kier alpha value is -2.73. The summed E-state index contributed by atoms with van der Waals surface area (Å²) in [6, 6.07) is 7.93. The number of Topliss-reactive ketones (excluding diaryl/α,β-unsaturated/α-hetero) is 1. The highest BCUT2D eigenvalue weighted by molar-refractivity contribution is 6.48. The molecule has 0 unspecified atom stereocenters. The maximum absolute atomic E-state index is 13.5. The summed E-state index contributed by atoms with van der Waals surface area (Å²) in [5, 5.41) is 2.81. The molecule has 0 fully saturated rings. The normalized spacial score (nSPS) is 10.7. The van der Waals surface area contributed by atoms with Gasteiger partial charge < -0.3 is 10.3 Å². The van der Waals surface area contributed by atoms with E-state index in [-0.39, 0.29) is 5.56 Å². The van der Waals surface area contributed by atoms with Crippen LogP contribution in [0.15, 0.2) is 42.6 Å². The van der Waals surface area contributed by atoms with Crippen LogP contribution in [0.3, 0.4) is 0 Å². The summed E-state index contributed by atoms with van der Waals surface area (Å²) in [6.07, 6.45) is 1.35. The van der Waals surface area contributed by atoms with E-state index in [1.165, 1.54) is 12.3 Å². The molecule has 0 aliphatic rings. The molecule has 7 heteroatoms. The summed E-state index contributed by atoms with van der Waals surface area (Å²) >= 11 is 5.88. The van der Waals surface area contributed by atoms with Gasteiger partial charge in [-0.2, -0.15) is 0 Å². The van der Waals surface area contributed by atoms with Crippen molar-refractivity contribution in [2.75, 3.05) is 5.32 Å². The molecule has 0 aliphatic carbocycles. The Labute approximate surface area is 134 Å². The Kier molecular flexibility index (Phi) is 3.83. The fraction of sp³-hybridized carbons (Fsp3) is 0. The van der Waals surface area contributed by atoms with Crippen molar-refractivity contribution in [3.63, 3.8) is 0 Å². The molecule has 2 N–H and O–H groups in total. The van der Waals surface area contributed by atoms with E-state index >= 15 is 0 Å². The van der Waals surface area contributed by atoms with Gasteiger partial charge in [0.05, 0.1) is 5.56 Å². The van der Waals surface area contributed by atoms with Gasteiger partial charge in [-0.15, -0.1) is 0 Å². The summed E-state index contributed by atoms with van der Waals surface area (Å²) in [5.41, 5.74) is 0.0168. The highest BCUT2D eigenvalue weighted by atomic mass is 35.5. The lowest BCUT2D eigenvalue weighted by Crippen LogP contribution is -2.23. The zero-order valence-corrected chi connectivity index (χ0v) is 12.2. The van der Waals surface area contributed by atoms with E-state index in [2.05, 4.69) is 4.98 Å². The van der Waals surface area contributed by atoms with Gasteiger partial charge in [-0.05, 0) is 30.3 Å². The molecule has 0 atom stereocenters. The van der Waals surface area contributed by atoms with E-state index in [1.807, 2.05) is 5.32 Å². The average molecular weight is 335 g/mol. The zero-order chi connectivity index (χ0) is 16.6. The van der Waals surface area contributed by atoms with Crippen molar-refractivity contribution in [2.24, 2.45) is 0 Å². The number of H-pyrrole nitrogens is 1. The number of hydrogen-bond acceptors (Lipinski definition) is 2. The van der Waals surface area contributed by atoms with Crippen molar-refractivity contribution in [3.8, 4) is 0 Å². The monoisotopic (exact) mass is 334 g/mol. The molecule has 0 aliphatic heterocycles. The molecule has 23 heavy (non-hydrogen) atoms. The fourth-order valence-corrected chi connectivity index (χ4v) is 2.36. The van der Waals surface area contributed by atoms with Crippen molar-refractivity contribution in [3.05, 3.63) is 64.8 Å². The number of rotatable bonds is 3. The smallest absolute Gasteiger partial charge is 0.297 e. The number of benzene rings is 2. The van der Waals surface area contributed by atoms with Crippen LogP contribution < -0.4 is 5.32 Å². The number of halogens is 3. The van der Waals surface area contributed by atoms with Gasteiger partial charge in [-0.3, -0.25) is 9.59 Å². The summed E-state index contributed by atoms with van der Waals surface area (Å²) < 4.78 is 27.1. The number of ketones is 1. The SMILES string of the molecule is O=C(Nc1c(F)cccc1F)C(=O)c1c[nH]c2ccc(Cl)cc12. The predicted octanol–water partition coefficient (Wildman–Crippen LogP) is 3.92. The quantitative estimate of drug-likeness (QED) is 0.563. The topological polar surface area (TPSA) is 62.0 Å². The van der Waals surface area contributed by atoms with Gasteiger partial charge in [-0.1, -0.05) is 17.7 Å². The lowest BCUT2D eigenvalue weighted by molar-refractivity contribution is -0.112. The second-order valence-electron chi connectivity index (χ2n) is 4.77. The van der Waals surface area contributed by atoms with Gasteiger partial charge in [0.15, 0.2) is 0 Å². The highest BCUT2D eigenvalue weighted by Crippen LogP contribution is 2.24. The van der Waals surface area contributed by atoms with Crippen LogP contribution in [0.5, 0.6) is 0 Å². The molecule has 0 radical (unpaired) electrons. The van der Waals surface area contributed by atoms with E-state index in [1.54, 1.807) is 12.1 Å². The summed E-state index contributed by atoms with van der Waals surface area (Å²) in [5.74, 6) is -4.00. The van der Waals surface area contributed by atoms with E-state index in [9.17, 15) is 18.4 Å². The van der Waals surface area contributed by atoms with Crippen molar-refractivity contribution in [1.82, 2.24) is 4.98 Å². The number of carbonyl (C=O) groups is 2. The van der Waals surface area contributed by atoms with Gasteiger partial charge >= 0.3 is 0 Å². The molecular formula is C16H9ClF2N2O2. The minimum Gasteiger partial charge on any atom is -0.360 e. The predicted molar refractivity (Wildman–Crippen MR) is 82.6 cm³/mol. The Morgan fingerprint density at radius 1 is 1.09 bits per heavy atom. The van der Waals surface area contributed by atoms with Crippen molar-refractivity contribution in [2.45, 2.75) is 0 Å². The number of carbonyl (C=O) groups excluding carboxylic acids is 2. The first-order valence-electron chi connectivity index (χ1n) is 6.53. The molecule has 0 bridgehead atoms. The second-order valence-corrected chi connectivity index (χ2v) is 5.21. The first-order chi connectivity index (χ1) is 11.0. The lowest BCUT2D eigenvalue weighted by Gasteiger charge is -2.06. The van der Waals surface area contributed by atoms with Crippen molar-refractivity contribution in [1.29, 1.82) is 0 Å². The number of hydrogen-bond donors (Lipinski definition) is 2. The molecule has 0 spiro atoms. The molecule has 2 aromatic carbocycles. The standard InChI is InChI=1S/C16H9ClF2N2O2/c17-8-4-5-13-9(6-8)10(7-20-13)15(22)16(23)21-14-11(18)2-1-3-12(14)19/h1-7,20H,(H,21,23). The molecule has 1 heterocycles. The van der Waals surface area contributed by atoms with Crippen LogP contribution in [0, 0.1) is 11.6 Å². The van der Waals surface area contributed by atoms with Crippen LogP contribution in [0.25, 0.3) is 10.9 Å². The van der Waals surface area contributed by atoms with Crippen LogP contribution in [-0.4, -0.2) is 16.7 Å². The van der Waals surface area contributed by atoms with Crippen LogP contribution in [0.1, 0.15) is 10.4 Å². The van der Waals surface area contributed by atoms with Crippen LogP contribution in [0.4, 0.5) is 14.5 Å².